The standard InChI is InChI=1S/C26H35FN2O4/c27-21-15-20(16-21)24(30)29-13-4-11-26(12-14-32-25(31)28-26)23(29)17-33-22-9-7-19(8-10-22)18-5-2-1-3-6-18/h1-3,5-6,19-23H,4,7-17H2,(H,28,31)/t19-,20-,21+,22+,23-,26+/m0/s1. The highest BCUT2D eigenvalue weighted by Gasteiger charge is 2.51. The Labute approximate surface area is 195 Å². The zero-order valence-corrected chi connectivity index (χ0v) is 19.2. The quantitative estimate of drug-likeness (QED) is 0.713. The van der Waals surface area contributed by atoms with Gasteiger partial charge in [0, 0.05) is 18.9 Å². The number of benzene rings is 1. The van der Waals surface area contributed by atoms with Gasteiger partial charge in [0.1, 0.15) is 6.17 Å². The first-order chi connectivity index (χ1) is 16.0. The lowest BCUT2D eigenvalue weighted by molar-refractivity contribution is -0.152. The minimum Gasteiger partial charge on any atom is -0.449 e. The molecule has 2 saturated carbocycles. The van der Waals surface area contributed by atoms with Gasteiger partial charge in [0.15, 0.2) is 0 Å². The van der Waals surface area contributed by atoms with Crippen molar-refractivity contribution in [2.24, 2.45) is 5.92 Å². The Bertz CT molecular complexity index is 834. The van der Waals surface area contributed by atoms with Crippen LogP contribution in [0.3, 0.4) is 0 Å². The van der Waals surface area contributed by atoms with Crippen LogP contribution in [-0.4, -0.2) is 60.5 Å². The average Bonchev–Trinajstić information content (AvgIpc) is 2.81. The van der Waals surface area contributed by atoms with Crippen LogP contribution in [0.1, 0.15) is 69.3 Å². The molecule has 5 rings (SSSR count). The minimum absolute atomic E-state index is 0.0186. The van der Waals surface area contributed by atoms with E-state index in [4.69, 9.17) is 9.47 Å². The topological polar surface area (TPSA) is 67.9 Å². The smallest absolute Gasteiger partial charge is 0.407 e. The van der Waals surface area contributed by atoms with E-state index >= 15 is 0 Å². The maximum Gasteiger partial charge on any atom is 0.407 e. The lowest BCUT2D eigenvalue weighted by atomic mass is 9.76. The molecule has 4 fully saturated rings. The molecule has 1 N–H and O–H groups in total. The number of ether oxygens (including phenoxy) is 2. The van der Waals surface area contributed by atoms with E-state index in [1.807, 2.05) is 4.90 Å². The van der Waals surface area contributed by atoms with Gasteiger partial charge in [-0.05, 0) is 62.8 Å². The summed E-state index contributed by atoms with van der Waals surface area (Å²) in [6.45, 7) is 1.39. The summed E-state index contributed by atoms with van der Waals surface area (Å²) in [5.41, 5.74) is 0.874. The third kappa shape index (κ3) is 4.75. The first kappa shape index (κ1) is 22.6. The zero-order valence-electron chi connectivity index (χ0n) is 19.2. The van der Waals surface area contributed by atoms with Crippen LogP contribution in [0.25, 0.3) is 0 Å². The van der Waals surface area contributed by atoms with E-state index < -0.39 is 17.8 Å². The van der Waals surface area contributed by atoms with Gasteiger partial charge >= 0.3 is 6.09 Å². The van der Waals surface area contributed by atoms with Crippen molar-refractivity contribution in [3.8, 4) is 0 Å². The Morgan fingerprint density at radius 2 is 1.91 bits per heavy atom. The number of cyclic esters (lactones) is 1. The molecular formula is C26H35FN2O4. The van der Waals surface area contributed by atoms with E-state index in [0.29, 0.717) is 44.9 Å². The second-order valence-corrected chi connectivity index (χ2v) is 10.3. The number of halogens is 1. The largest absolute Gasteiger partial charge is 0.449 e. The van der Waals surface area contributed by atoms with Gasteiger partial charge in [-0.2, -0.15) is 0 Å². The van der Waals surface area contributed by atoms with Gasteiger partial charge < -0.3 is 19.7 Å². The first-order valence-electron chi connectivity index (χ1n) is 12.6. The number of carbonyl (C=O) groups excluding carboxylic acids is 2. The summed E-state index contributed by atoms with van der Waals surface area (Å²) in [6.07, 6.45) is 5.96. The molecule has 2 aliphatic heterocycles. The van der Waals surface area contributed by atoms with Gasteiger partial charge in [0.05, 0.1) is 30.9 Å². The molecule has 2 saturated heterocycles. The number of likely N-dealkylation sites (tertiary alicyclic amines) is 1. The van der Waals surface area contributed by atoms with E-state index in [-0.39, 0.29) is 24.0 Å². The van der Waals surface area contributed by atoms with Gasteiger partial charge in [-0.3, -0.25) is 4.79 Å². The highest BCUT2D eigenvalue weighted by Crippen LogP contribution is 2.39. The molecule has 0 unspecified atom stereocenters. The zero-order chi connectivity index (χ0) is 22.8. The number of carbonyl (C=O) groups is 2. The van der Waals surface area contributed by atoms with E-state index in [1.165, 1.54) is 5.56 Å². The van der Waals surface area contributed by atoms with Gasteiger partial charge in [-0.25, -0.2) is 9.18 Å². The third-order valence-electron chi connectivity index (χ3n) is 8.32. The summed E-state index contributed by atoms with van der Waals surface area (Å²) in [7, 11) is 0. The number of rotatable bonds is 5. The molecule has 0 bridgehead atoms. The Morgan fingerprint density at radius 1 is 1.15 bits per heavy atom. The van der Waals surface area contributed by atoms with E-state index in [9.17, 15) is 14.0 Å². The van der Waals surface area contributed by atoms with Crippen molar-refractivity contribution in [3.63, 3.8) is 0 Å². The molecule has 7 heteroatoms. The van der Waals surface area contributed by atoms with Crippen LogP contribution in [0.15, 0.2) is 30.3 Å². The van der Waals surface area contributed by atoms with E-state index in [1.54, 1.807) is 0 Å². The van der Waals surface area contributed by atoms with Gasteiger partial charge in [-0.1, -0.05) is 30.3 Å². The third-order valence-corrected chi connectivity index (χ3v) is 8.32. The van der Waals surface area contributed by atoms with Crippen LogP contribution in [0, 0.1) is 5.92 Å². The molecule has 4 aliphatic rings. The van der Waals surface area contributed by atoms with Crippen molar-refractivity contribution in [3.05, 3.63) is 35.9 Å². The first-order valence-corrected chi connectivity index (χ1v) is 12.6. The molecule has 1 aromatic carbocycles. The molecular weight excluding hydrogens is 423 g/mol. The van der Waals surface area contributed by atoms with Gasteiger partial charge in [0.25, 0.3) is 0 Å². The van der Waals surface area contributed by atoms with Crippen molar-refractivity contribution in [2.75, 3.05) is 19.8 Å². The summed E-state index contributed by atoms with van der Waals surface area (Å²) < 4.78 is 25.1. The Morgan fingerprint density at radius 3 is 2.61 bits per heavy atom. The minimum atomic E-state index is -0.866. The van der Waals surface area contributed by atoms with Crippen molar-refractivity contribution < 1.29 is 23.5 Å². The molecule has 2 aliphatic carbocycles. The average molecular weight is 459 g/mol. The SMILES string of the molecule is O=C1N[C@]2(CCCN(C(=O)[C@H]3C[C@@H](F)C3)[C@H]2CO[C@H]2CC[C@@H](c3ccccc3)CC2)CCO1. The van der Waals surface area contributed by atoms with Crippen LogP contribution in [0.2, 0.25) is 0 Å². The second-order valence-electron chi connectivity index (χ2n) is 10.3. The lowest BCUT2D eigenvalue weighted by Crippen LogP contribution is -2.70. The fraction of sp³-hybridized carbons (Fsp3) is 0.692. The molecule has 0 aromatic heterocycles. The molecule has 180 valence electrons. The van der Waals surface area contributed by atoms with Crippen LogP contribution in [-0.2, 0) is 14.3 Å². The van der Waals surface area contributed by atoms with Crippen molar-refractivity contribution in [1.29, 1.82) is 0 Å². The van der Waals surface area contributed by atoms with Crippen molar-refractivity contribution in [1.82, 2.24) is 10.2 Å². The van der Waals surface area contributed by atoms with Gasteiger partial charge in [0.2, 0.25) is 5.91 Å². The maximum atomic E-state index is 13.5. The number of amides is 2. The lowest BCUT2D eigenvalue weighted by Gasteiger charge is -2.52. The molecule has 6 nitrogen and oxygen atoms in total. The summed E-state index contributed by atoms with van der Waals surface area (Å²) >= 11 is 0. The van der Waals surface area contributed by atoms with E-state index in [0.717, 1.165) is 38.5 Å². The number of alkyl carbamates (subject to hydrolysis) is 1. The number of hydrogen-bond acceptors (Lipinski definition) is 4. The predicted molar refractivity (Wildman–Crippen MR) is 122 cm³/mol. The van der Waals surface area contributed by atoms with E-state index in [2.05, 4.69) is 35.6 Å². The van der Waals surface area contributed by atoms with Crippen LogP contribution in [0.5, 0.6) is 0 Å². The molecule has 2 amide bonds. The summed E-state index contributed by atoms with van der Waals surface area (Å²) in [6, 6.07) is 10.4. The predicted octanol–water partition coefficient (Wildman–Crippen LogP) is 4.34. The normalized spacial score (nSPS) is 36.6. The fourth-order valence-corrected chi connectivity index (χ4v) is 6.26. The van der Waals surface area contributed by atoms with Crippen molar-refractivity contribution >= 4 is 12.0 Å². The van der Waals surface area contributed by atoms with Crippen LogP contribution < -0.4 is 5.32 Å². The summed E-state index contributed by atoms with van der Waals surface area (Å²) in [5, 5.41) is 3.06. The second kappa shape index (κ2) is 9.61. The molecule has 0 radical (unpaired) electrons. The van der Waals surface area contributed by atoms with Crippen LogP contribution in [0.4, 0.5) is 9.18 Å². The highest BCUT2D eigenvalue weighted by atomic mass is 19.1. The number of piperidine rings is 1. The maximum absolute atomic E-state index is 13.5. The molecule has 2 heterocycles. The van der Waals surface area contributed by atoms with Crippen molar-refractivity contribution in [2.45, 2.75) is 87.6 Å². The number of nitrogens with one attached hydrogen (secondary N) is 1. The molecule has 1 spiro atoms. The monoisotopic (exact) mass is 458 g/mol. The Balaban J connectivity index is 1.25. The molecule has 2 atom stereocenters. The number of alkyl halides is 1. The van der Waals surface area contributed by atoms with Gasteiger partial charge in [-0.15, -0.1) is 0 Å². The summed E-state index contributed by atoms with van der Waals surface area (Å²) in [5.74, 6) is 0.354. The Kier molecular flexibility index (Phi) is 6.59. The molecule has 33 heavy (non-hydrogen) atoms. The van der Waals surface area contributed by atoms with Crippen LogP contribution >= 0.6 is 0 Å². The fourth-order valence-electron chi connectivity index (χ4n) is 6.26. The summed E-state index contributed by atoms with van der Waals surface area (Å²) in [4.78, 5) is 27.3. The number of hydrogen-bond donors (Lipinski definition) is 1. The molecule has 1 aromatic rings. The Hall–Kier alpha value is -2.15. The number of nitrogens with zero attached hydrogens (tertiary/aromatic N) is 1. The highest BCUT2D eigenvalue weighted by molar-refractivity contribution is 5.81.